The molecule has 2 aliphatic heterocycles. The number of esters is 1. The Bertz CT molecular complexity index is 2170. The van der Waals surface area contributed by atoms with Gasteiger partial charge in [0.05, 0.1) is 55.2 Å². The zero-order valence-electron chi connectivity index (χ0n) is 39.8. The number of piperazine rings is 2. The van der Waals surface area contributed by atoms with E-state index in [2.05, 4.69) is 61.4 Å². The minimum Gasteiger partial charge on any atom is -0.465 e. The summed E-state index contributed by atoms with van der Waals surface area (Å²) in [5, 5.41) is 0. The highest BCUT2D eigenvalue weighted by Gasteiger charge is 2.30. The number of carbonyl (C=O) groups is 2. The van der Waals surface area contributed by atoms with E-state index in [4.69, 9.17) is 10.5 Å². The van der Waals surface area contributed by atoms with Gasteiger partial charge in [-0.25, -0.2) is 21.6 Å². The molecule has 6 rings (SSSR count). The third kappa shape index (κ3) is 14.7. The van der Waals surface area contributed by atoms with Gasteiger partial charge in [-0.2, -0.15) is 0 Å². The minimum absolute atomic E-state index is 0.0469. The monoisotopic (exact) mass is 945 g/mol. The second-order valence-corrected chi connectivity index (χ2v) is 21.8. The number of rotatable bonds is 19. The Morgan fingerprint density at radius 3 is 1.26 bits per heavy atom. The van der Waals surface area contributed by atoms with Crippen molar-refractivity contribution in [3.8, 4) is 0 Å². The van der Waals surface area contributed by atoms with Crippen molar-refractivity contribution < 1.29 is 31.2 Å². The largest absolute Gasteiger partial charge is 0.465 e. The smallest absolute Gasteiger partial charge is 0.337 e. The van der Waals surface area contributed by atoms with Gasteiger partial charge in [0.15, 0.2) is 5.78 Å². The lowest BCUT2D eigenvalue weighted by Crippen LogP contribution is -2.55. The van der Waals surface area contributed by atoms with Gasteiger partial charge in [-0.1, -0.05) is 72.8 Å². The van der Waals surface area contributed by atoms with Crippen LogP contribution in [0, 0.1) is 0 Å². The molecule has 2 heterocycles. The Morgan fingerprint density at radius 1 is 0.576 bits per heavy atom. The predicted molar refractivity (Wildman–Crippen MR) is 266 cm³/mol. The van der Waals surface area contributed by atoms with E-state index in [1.54, 1.807) is 48.5 Å². The van der Waals surface area contributed by atoms with Crippen molar-refractivity contribution >= 4 is 43.2 Å². The molecule has 14 nitrogen and oxygen atoms in total. The molecule has 0 bridgehead atoms. The summed E-state index contributed by atoms with van der Waals surface area (Å²) < 4.78 is 61.3. The molecule has 2 fully saturated rings. The maximum Gasteiger partial charge on any atom is 0.337 e. The third-order valence-electron chi connectivity index (χ3n) is 12.9. The molecule has 66 heavy (non-hydrogen) atoms. The summed E-state index contributed by atoms with van der Waals surface area (Å²) in [6.45, 7) is 14.6. The fraction of sp³-hybridized carbons (Fsp3) is 0.480. The van der Waals surface area contributed by atoms with Gasteiger partial charge in [0, 0.05) is 55.9 Å². The van der Waals surface area contributed by atoms with E-state index < -0.39 is 26.0 Å². The molecule has 2 aliphatic rings. The lowest BCUT2D eigenvalue weighted by molar-refractivity contribution is 0.0599. The van der Waals surface area contributed by atoms with Crippen LogP contribution in [0.5, 0.6) is 0 Å². The first-order chi connectivity index (χ1) is 31.4. The van der Waals surface area contributed by atoms with Gasteiger partial charge < -0.3 is 20.3 Å². The van der Waals surface area contributed by atoms with Crippen LogP contribution in [0.15, 0.2) is 109 Å². The standard InChI is InChI=1S/C25H36N4O3S.C25H35N3O4S/c1-20-17-28(18-21(2)27(20)3)14-7-15-33(31,32)29(24-8-5-4-6-9-24)19-22-10-12-23(13-11-22)25(30)16-26;1-20-17-27(18-21(2)26(20)3)15-8-16-33(30,31)28(24-9-6-5-7-10-24)19-22-11-13-23(14-12-22)25(29)32-4/h4-6,8-13,20-21H,7,14-19,26H2,1-3H3;5-7,9-14,20-21H,8,15-19H2,1-4H3/t2*20-,21+. The molecule has 0 saturated carbocycles. The number of benzene rings is 4. The SMILES string of the molecule is COC(=O)c1ccc(CN(c2ccccc2)S(=O)(=O)CCCN2C[C@@H](C)N(C)[C@@H](C)C2)cc1.C[C@@H]1CN(CCCS(=O)(=O)N(Cc2ccc(C(=O)CN)cc2)c2ccccc2)C[C@H](C)N1C. The number of anilines is 2. The quantitative estimate of drug-likeness (QED) is 0.0892. The molecule has 0 unspecified atom stereocenters. The maximum absolute atomic E-state index is 13.4. The van der Waals surface area contributed by atoms with Gasteiger partial charge in [-0.15, -0.1) is 0 Å². The minimum atomic E-state index is -3.54. The van der Waals surface area contributed by atoms with E-state index in [1.165, 1.54) is 15.7 Å². The van der Waals surface area contributed by atoms with Gasteiger partial charge in [0.1, 0.15) is 0 Å². The van der Waals surface area contributed by atoms with Crippen molar-refractivity contribution in [2.45, 2.75) is 77.8 Å². The first-order valence-electron chi connectivity index (χ1n) is 22.9. The number of likely N-dealkylation sites (N-methyl/N-ethyl adjacent to an activating group) is 2. The van der Waals surface area contributed by atoms with E-state index in [-0.39, 0.29) is 36.9 Å². The Hall–Kier alpha value is -4.68. The highest BCUT2D eigenvalue weighted by atomic mass is 32.2. The second-order valence-electron chi connectivity index (χ2n) is 17.8. The molecule has 360 valence electrons. The van der Waals surface area contributed by atoms with Gasteiger partial charge in [-0.3, -0.25) is 23.2 Å². The van der Waals surface area contributed by atoms with E-state index in [0.717, 1.165) is 50.4 Å². The molecule has 2 saturated heterocycles. The van der Waals surface area contributed by atoms with Gasteiger partial charge in [0.2, 0.25) is 20.0 Å². The second kappa shape index (κ2) is 24.4. The molecule has 4 aromatic carbocycles. The van der Waals surface area contributed by atoms with Crippen LogP contribution >= 0.6 is 0 Å². The Labute approximate surface area is 394 Å². The molecule has 4 atom stereocenters. The van der Waals surface area contributed by atoms with Crippen LogP contribution in [-0.4, -0.2) is 151 Å². The molecule has 0 aromatic heterocycles. The van der Waals surface area contributed by atoms with Crippen LogP contribution in [0.25, 0.3) is 0 Å². The normalized spacial score (nSPS) is 19.9. The van der Waals surface area contributed by atoms with Crippen molar-refractivity contribution in [2.24, 2.45) is 5.73 Å². The predicted octanol–water partition coefficient (Wildman–Crippen LogP) is 5.80. The number of hydrogen-bond acceptors (Lipinski definition) is 12. The van der Waals surface area contributed by atoms with E-state index in [1.807, 2.05) is 60.7 Å². The average molecular weight is 946 g/mol. The zero-order valence-corrected chi connectivity index (χ0v) is 41.5. The van der Waals surface area contributed by atoms with E-state index >= 15 is 0 Å². The Morgan fingerprint density at radius 2 is 0.924 bits per heavy atom. The summed E-state index contributed by atoms with van der Waals surface area (Å²) in [6, 6.07) is 34.0. The fourth-order valence-electron chi connectivity index (χ4n) is 8.55. The summed E-state index contributed by atoms with van der Waals surface area (Å²) in [5.41, 5.74) is 9.30. The zero-order chi connectivity index (χ0) is 48.0. The number of sulfonamides is 2. The maximum atomic E-state index is 13.4. The van der Waals surface area contributed by atoms with Crippen LogP contribution in [0.2, 0.25) is 0 Å². The lowest BCUT2D eigenvalue weighted by Gasteiger charge is -2.42. The molecule has 0 amide bonds. The topological polar surface area (TPSA) is 157 Å². The molecule has 0 spiro atoms. The Balaban J connectivity index is 0.000000247. The summed E-state index contributed by atoms with van der Waals surface area (Å²) in [5.74, 6) is -0.388. The van der Waals surface area contributed by atoms with Crippen LogP contribution in [-0.2, 0) is 37.9 Å². The summed E-state index contributed by atoms with van der Waals surface area (Å²) >= 11 is 0. The molecule has 16 heteroatoms. The average Bonchev–Trinajstić information content (AvgIpc) is 3.31. The number of carbonyl (C=O) groups excluding carboxylic acids is 2. The molecule has 0 radical (unpaired) electrons. The van der Waals surface area contributed by atoms with E-state index in [0.29, 0.717) is 59.5 Å². The first kappa shape index (κ1) is 52.3. The van der Waals surface area contributed by atoms with Crippen molar-refractivity contribution in [3.05, 3.63) is 131 Å². The molecule has 2 N–H and O–H groups in total. The summed E-state index contributed by atoms with van der Waals surface area (Å²) in [7, 11) is -1.44. The van der Waals surface area contributed by atoms with Gasteiger partial charge in [-0.05, 0) is 115 Å². The third-order valence-corrected chi connectivity index (χ3v) is 16.5. The van der Waals surface area contributed by atoms with Crippen LogP contribution < -0.4 is 14.3 Å². The van der Waals surface area contributed by atoms with Gasteiger partial charge in [0.25, 0.3) is 0 Å². The molecular formula is C50H71N7O7S2. The van der Waals surface area contributed by atoms with Crippen LogP contribution in [0.3, 0.4) is 0 Å². The van der Waals surface area contributed by atoms with Crippen LogP contribution in [0.4, 0.5) is 11.4 Å². The number of methoxy groups -OCH3 is 1. The number of hydrogen-bond donors (Lipinski definition) is 1. The fourth-order valence-corrected chi connectivity index (χ4v) is 11.6. The molecule has 0 aliphatic carbocycles. The van der Waals surface area contributed by atoms with Crippen molar-refractivity contribution in [1.82, 2.24) is 19.6 Å². The number of ether oxygens (including phenoxy) is 1. The number of nitrogens with zero attached hydrogens (tertiary/aromatic N) is 6. The van der Waals surface area contributed by atoms with Crippen LogP contribution in [0.1, 0.15) is 72.4 Å². The lowest BCUT2D eigenvalue weighted by atomic mass is 10.1. The number of para-hydroxylation sites is 2. The highest BCUT2D eigenvalue weighted by Crippen LogP contribution is 2.25. The summed E-state index contributed by atoms with van der Waals surface area (Å²) in [6.07, 6.45) is 1.16. The number of nitrogens with two attached hydrogens (primary N) is 1. The van der Waals surface area contributed by atoms with Crippen molar-refractivity contribution in [2.75, 3.05) is 87.1 Å². The Kier molecular flexibility index (Phi) is 19.3. The van der Waals surface area contributed by atoms with E-state index in [9.17, 15) is 26.4 Å². The summed E-state index contributed by atoms with van der Waals surface area (Å²) in [4.78, 5) is 33.0. The number of Topliss-reactive ketones (excluding diaryl/α,β-unsaturated/α-hetero) is 1. The molecule has 4 aromatic rings. The first-order valence-corrected chi connectivity index (χ1v) is 26.1. The molecular weight excluding hydrogens is 875 g/mol. The number of ketones is 1. The van der Waals surface area contributed by atoms with Crippen molar-refractivity contribution in [3.63, 3.8) is 0 Å². The highest BCUT2D eigenvalue weighted by molar-refractivity contribution is 7.93. The van der Waals surface area contributed by atoms with Crippen molar-refractivity contribution in [1.29, 1.82) is 0 Å². The van der Waals surface area contributed by atoms with Gasteiger partial charge >= 0.3 is 5.97 Å².